The molecule has 1 atom stereocenters. The number of aryl methyl sites for hydroxylation is 1. The standard InChI is InChI=1S/C18H25NO2S/c1-14-4-6-16(7-5-14)22-18(9-2-3-10-18)13-19-17(20)15-8-11-21-12-15/h4-7,15H,2-3,8-13H2,1H3,(H,19,20). The van der Waals surface area contributed by atoms with Crippen molar-refractivity contribution in [2.75, 3.05) is 19.8 Å². The summed E-state index contributed by atoms with van der Waals surface area (Å²) in [6.45, 7) is 4.20. The normalized spacial score (nSPS) is 23.6. The molecule has 0 aromatic heterocycles. The largest absolute Gasteiger partial charge is 0.381 e. The average Bonchev–Trinajstić information content (AvgIpc) is 3.19. The molecular formula is C18H25NO2S. The lowest BCUT2D eigenvalue weighted by Crippen LogP contribution is -2.41. The summed E-state index contributed by atoms with van der Waals surface area (Å²) >= 11 is 1.95. The van der Waals surface area contributed by atoms with Crippen molar-refractivity contribution in [3.05, 3.63) is 29.8 Å². The van der Waals surface area contributed by atoms with Crippen molar-refractivity contribution in [3.8, 4) is 0 Å². The molecule has 1 saturated carbocycles. The minimum atomic E-state index is 0.0582. The Morgan fingerprint density at radius 1 is 1.32 bits per heavy atom. The molecule has 3 rings (SSSR count). The first-order valence-corrected chi connectivity index (χ1v) is 9.10. The summed E-state index contributed by atoms with van der Waals surface area (Å²) in [7, 11) is 0. The Morgan fingerprint density at radius 2 is 2.05 bits per heavy atom. The molecule has 1 unspecified atom stereocenters. The second-order valence-electron chi connectivity index (χ2n) is 6.58. The van der Waals surface area contributed by atoms with E-state index < -0.39 is 0 Å². The quantitative estimate of drug-likeness (QED) is 0.902. The number of benzene rings is 1. The first-order valence-electron chi connectivity index (χ1n) is 8.28. The SMILES string of the molecule is Cc1ccc(SC2(CNC(=O)C3CCOC3)CCCC2)cc1. The van der Waals surface area contributed by atoms with Gasteiger partial charge in [0.05, 0.1) is 12.5 Å². The van der Waals surface area contributed by atoms with Crippen molar-refractivity contribution >= 4 is 17.7 Å². The van der Waals surface area contributed by atoms with Gasteiger partial charge in [-0.15, -0.1) is 11.8 Å². The van der Waals surface area contributed by atoms with Crippen LogP contribution in [0.2, 0.25) is 0 Å². The molecule has 4 heteroatoms. The van der Waals surface area contributed by atoms with Gasteiger partial charge in [0.15, 0.2) is 0 Å². The van der Waals surface area contributed by atoms with E-state index in [1.807, 2.05) is 11.8 Å². The number of carbonyl (C=O) groups is 1. The molecule has 0 spiro atoms. The van der Waals surface area contributed by atoms with Crippen LogP contribution in [0.5, 0.6) is 0 Å². The highest BCUT2D eigenvalue weighted by molar-refractivity contribution is 8.00. The van der Waals surface area contributed by atoms with Gasteiger partial charge in [-0.1, -0.05) is 30.5 Å². The molecule has 1 aromatic rings. The molecule has 1 heterocycles. The Hall–Kier alpha value is -1.00. The Kier molecular flexibility index (Phi) is 5.09. The summed E-state index contributed by atoms with van der Waals surface area (Å²) in [5, 5.41) is 3.20. The van der Waals surface area contributed by atoms with Gasteiger partial charge in [0.1, 0.15) is 0 Å². The molecule has 1 saturated heterocycles. The van der Waals surface area contributed by atoms with E-state index in [-0.39, 0.29) is 16.6 Å². The predicted octanol–water partition coefficient (Wildman–Crippen LogP) is 3.55. The lowest BCUT2D eigenvalue weighted by Gasteiger charge is -2.29. The first-order chi connectivity index (χ1) is 10.7. The molecule has 1 aliphatic carbocycles. The molecule has 0 bridgehead atoms. The number of hydrogen-bond donors (Lipinski definition) is 1. The zero-order valence-corrected chi connectivity index (χ0v) is 14.1. The fourth-order valence-electron chi connectivity index (χ4n) is 3.32. The number of hydrogen-bond acceptors (Lipinski definition) is 3. The lowest BCUT2D eigenvalue weighted by molar-refractivity contribution is -0.125. The molecule has 2 aliphatic rings. The van der Waals surface area contributed by atoms with E-state index >= 15 is 0 Å². The minimum absolute atomic E-state index is 0.0582. The topological polar surface area (TPSA) is 38.3 Å². The van der Waals surface area contributed by atoms with Gasteiger partial charge >= 0.3 is 0 Å². The van der Waals surface area contributed by atoms with Crippen LogP contribution < -0.4 is 5.32 Å². The predicted molar refractivity (Wildman–Crippen MR) is 90.2 cm³/mol. The maximum absolute atomic E-state index is 12.2. The summed E-state index contributed by atoms with van der Waals surface area (Å²) < 4.78 is 5.49. The number of thioether (sulfide) groups is 1. The highest BCUT2D eigenvalue weighted by Crippen LogP contribution is 2.45. The van der Waals surface area contributed by atoms with Gasteiger partial charge in [-0.3, -0.25) is 4.79 Å². The Balaban J connectivity index is 1.61. The molecule has 1 aliphatic heterocycles. The van der Waals surface area contributed by atoms with Gasteiger partial charge in [0.25, 0.3) is 0 Å². The summed E-state index contributed by atoms with van der Waals surface area (Å²) in [6.07, 6.45) is 5.77. The molecule has 2 fully saturated rings. The maximum atomic E-state index is 12.2. The van der Waals surface area contributed by atoms with E-state index in [9.17, 15) is 4.79 Å². The molecule has 22 heavy (non-hydrogen) atoms. The lowest BCUT2D eigenvalue weighted by atomic mass is 10.1. The van der Waals surface area contributed by atoms with Gasteiger partial charge in [0, 0.05) is 22.8 Å². The van der Waals surface area contributed by atoms with Crippen LogP contribution in [-0.4, -0.2) is 30.4 Å². The Morgan fingerprint density at radius 3 is 2.68 bits per heavy atom. The third-order valence-corrected chi connectivity index (χ3v) is 6.25. The van der Waals surface area contributed by atoms with Crippen LogP contribution in [0.1, 0.15) is 37.7 Å². The zero-order valence-electron chi connectivity index (χ0n) is 13.3. The smallest absolute Gasteiger partial charge is 0.225 e. The first kappa shape index (κ1) is 15.9. The van der Waals surface area contributed by atoms with Crippen LogP contribution in [-0.2, 0) is 9.53 Å². The maximum Gasteiger partial charge on any atom is 0.225 e. The second-order valence-corrected chi connectivity index (χ2v) is 8.13. The fourth-order valence-corrected chi connectivity index (χ4v) is 4.73. The van der Waals surface area contributed by atoms with Crippen molar-refractivity contribution in [1.82, 2.24) is 5.32 Å². The van der Waals surface area contributed by atoms with Gasteiger partial charge < -0.3 is 10.1 Å². The number of carbonyl (C=O) groups excluding carboxylic acids is 1. The van der Waals surface area contributed by atoms with Crippen molar-refractivity contribution < 1.29 is 9.53 Å². The third-order valence-electron chi connectivity index (χ3n) is 4.76. The minimum Gasteiger partial charge on any atom is -0.381 e. The Labute approximate surface area is 137 Å². The van der Waals surface area contributed by atoms with Crippen LogP contribution in [0, 0.1) is 12.8 Å². The summed E-state index contributed by atoms with van der Waals surface area (Å²) in [6, 6.07) is 8.73. The summed E-state index contributed by atoms with van der Waals surface area (Å²) in [5.41, 5.74) is 1.29. The van der Waals surface area contributed by atoms with E-state index in [1.54, 1.807) is 0 Å². The zero-order chi connectivity index (χ0) is 15.4. The summed E-state index contributed by atoms with van der Waals surface area (Å²) in [4.78, 5) is 13.6. The van der Waals surface area contributed by atoms with Crippen LogP contribution in [0.25, 0.3) is 0 Å². The summed E-state index contributed by atoms with van der Waals surface area (Å²) in [5.74, 6) is 0.233. The fraction of sp³-hybridized carbons (Fsp3) is 0.611. The van der Waals surface area contributed by atoms with Gasteiger partial charge in [-0.25, -0.2) is 0 Å². The van der Waals surface area contributed by atoms with Crippen molar-refractivity contribution in [2.45, 2.75) is 48.7 Å². The van der Waals surface area contributed by atoms with Crippen LogP contribution in [0.4, 0.5) is 0 Å². The number of rotatable bonds is 5. The highest BCUT2D eigenvalue weighted by Gasteiger charge is 2.36. The van der Waals surface area contributed by atoms with Gasteiger partial charge in [-0.05, 0) is 38.3 Å². The molecule has 1 N–H and O–H groups in total. The average molecular weight is 319 g/mol. The van der Waals surface area contributed by atoms with Gasteiger partial charge in [0.2, 0.25) is 5.91 Å². The Bertz CT molecular complexity index is 502. The van der Waals surface area contributed by atoms with Crippen LogP contribution in [0.3, 0.4) is 0 Å². The monoisotopic (exact) mass is 319 g/mol. The van der Waals surface area contributed by atoms with E-state index in [1.165, 1.54) is 36.1 Å². The van der Waals surface area contributed by atoms with Gasteiger partial charge in [-0.2, -0.15) is 0 Å². The third kappa shape index (κ3) is 3.85. The number of ether oxygens (including phenoxy) is 1. The van der Waals surface area contributed by atoms with E-state index in [0.29, 0.717) is 6.61 Å². The molecule has 120 valence electrons. The van der Waals surface area contributed by atoms with Crippen molar-refractivity contribution in [3.63, 3.8) is 0 Å². The molecule has 1 aromatic carbocycles. The van der Waals surface area contributed by atoms with E-state index in [4.69, 9.17) is 4.74 Å². The molecule has 0 radical (unpaired) electrons. The van der Waals surface area contributed by atoms with Crippen LogP contribution >= 0.6 is 11.8 Å². The van der Waals surface area contributed by atoms with E-state index in [0.717, 1.165) is 19.6 Å². The number of amides is 1. The van der Waals surface area contributed by atoms with Crippen LogP contribution in [0.15, 0.2) is 29.2 Å². The molecule has 1 amide bonds. The van der Waals surface area contributed by atoms with E-state index in [2.05, 4.69) is 36.5 Å². The molecule has 3 nitrogen and oxygen atoms in total. The highest BCUT2D eigenvalue weighted by atomic mass is 32.2. The number of nitrogens with one attached hydrogen (secondary N) is 1. The van der Waals surface area contributed by atoms with Crippen molar-refractivity contribution in [1.29, 1.82) is 0 Å². The van der Waals surface area contributed by atoms with Crippen molar-refractivity contribution in [2.24, 2.45) is 5.92 Å². The molecular weight excluding hydrogens is 294 g/mol. The second kappa shape index (κ2) is 7.05.